The van der Waals surface area contributed by atoms with Gasteiger partial charge in [0.15, 0.2) is 5.13 Å². The van der Waals surface area contributed by atoms with Gasteiger partial charge in [0.2, 0.25) is 0 Å². The Balaban J connectivity index is 2.18. The summed E-state index contributed by atoms with van der Waals surface area (Å²) in [5.41, 5.74) is 0. The van der Waals surface area contributed by atoms with Crippen LogP contribution in [-0.2, 0) is 0 Å². The summed E-state index contributed by atoms with van der Waals surface area (Å²) in [5, 5.41) is 4.16. The minimum absolute atomic E-state index is 0.401. The van der Waals surface area contributed by atoms with E-state index < -0.39 is 0 Å². The van der Waals surface area contributed by atoms with E-state index in [0.29, 0.717) is 11.0 Å². The molecule has 0 fully saturated rings. The standard InChI is InChI=1S/C7H4BrClN4S/c8-4-2-10-7(14-4)13-6-1-5(9)11-3-12-6/h1-3H,(H,10,11,12,13). The molecule has 4 nitrogen and oxygen atoms in total. The zero-order valence-electron chi connectivity index (χ0n) is 6.74. The molecule has 0 saturated heterocycles. The van der Waals surface area contributed by atoms with Crippen molar-refractivity contribution in [3.63, 3.8) is 0 Å². The quantitative estimate of drug-likeness (QED) is 0.864. The second kappa shape index (κ2) is 4.20. The molecule has 0 aliphatic heterocycles. The lowest BCUT2D eigenvalue weighted by Crippen LogP contribution is -1.92. The molecule has 0 spiro atoms. The van der Waals surface area contributed by atoms with Gasteiger partial charge in [0.05, 0.1) is 9.98 Å². The Morgan fingerprint density at radius 1 is 1.36 bits per heavy atom. The van der Waals surface area contributed by atoms with Crippen molar-refractivity contribution in [3.05, 3.63) is 27.5 Å². The van der Waals surface area contributed by atoms with Crippen LogP contribution in [0.2, 0.25) is 5.15 Å². The summed E-state index contributed by atoms with van der Waals surface area (Å²) in [6.45, 7) is 0. The van der Waals surface area contributed by atoms with Crippen molar-refractivity contribution >= 4 is 49.8 Å². The third kappa shape index (κ3) is 2.40. The van der Waals surface area contributed by atoms with E-state index in [1.807, 2.05) is 0 Å². The van der Waals surface area contributed by atoms with Gasteiger partial charge in [-0.1, -0.05) is 22.9 Å². The zero-order chi connectivity index (χ0) is 9.97. The summed E-state index contributed by atoms with van der Waals surface area (Å²) < 4.78 is 0.958. The van der Waals surface area contributed by atoms with Crippen LogP contribution in [-0.4, -0.2) is 15.0 Å². The van der Waals surface area contributed by atoms with Crippen LogP contribution in [0.25, 0.3) is 0 Å². The minimum atomic E-state index is 0.401. The van der Waals surface area contributed by atoms with Crippen LogP contribution in [0.3, 0.4) is 0 Å². The van der Waals surface area contributed by atoms with Crippen LogP contribution in [0.1, 0.15) is 0 Å². The van der Waals surface area contributed by atoms with E-state index in [-0.39, 0.29) is 0 Å². The lowest BCUT2D eigenvalue weighted by Gasteiger charge is -1.99. The third-order valence-electron chi connectivity index (χ3n) is 1.35. The first-order valence-corrected chi connectivity index (χ1v) is 5.59. The van der Waals surface area contributed by atoms with Crippen molar-refractivity contribution in [1.82, 2.24) is 15.0 Å². The number of aromatic nitrogens is 3. The molecule has 0 saturated carbocycles. The van der Waals surface area contributed by atoms with Gasteiger partial charge in [0, 0.05) is 6.07 Å². The fraction of sp³-hybridized carbons (Fsp3) is 0. The largest absolute Gasteiger partial charge is 0.316 e. The first-order valence-electron chi connectivity index (χ1n) is 3.60. The SMILES string of the molecule is Clc1cc(Nc2ncc(Br)s2)ncn1. The second-order valence-corrected chi connectivity index (χ2v) is 5.12. The molecule has 0 bridgehead atoms. The summed E-state index contributed by atoms with van der Waals surface area (Å²) in [7, 11) is 0. The van der Waals surface area contributed by atoms with Crippen LogP contribution in [0, 0.1) is 0 Å². The monoisotopic (exact) mass is 290 g/mol. The highest BCUT2D eigenvalue weighted by atomic mass is 79.9. The van der Waals surface area contributed by atoms with E-state index in [4.69, 9.17) is 11.6 Å². The van der Waals surface area contributed by atoms with E-state index in [9.17, 15) is 0 Å². The molecule has 0 aliphatic rings. The number of rotatable bonds is 2. The van der Waals surface area contributed by atoms with E-state index in [0.717, 1.165) is 8.92 Å². The van der Waals surface area contributed by atoms with Crippen molar-refractivity contribution in [3.8, 4) is 0 Å². The number of nitrogens with zero attached hydrogens (tertiary/aromatic N) is 3. The summed E-state index contributed by atoms with van der Waals surface area (Å²) in [4.78, 5) is 11.9. The van der Waals surface area contributed by atoms with E-state index in [1.54, 1.807) is 12.3 Å². The van der Waals surface area contributed by atoms with Gasteiger partial charge in [-0.15, -0.1) is 0 Å². The van der Waals surface area contributed by atoms with Crippen molar-refractivity contribution < 1.29 is 0 Å². The predicted octanol–water partition coefficient (Wildman–Crippen LogP) is 3.09. The molecule has 0 aliphatic carbocycles. The summed E-state index contributed by atoms with van der Waals surface area (Å²) in [6.07, 6.45) is 3.11. The van der Waals surface area contributed by atoms with Gasteiger partial charge in [-0.2, -0.15) is 0 Å². The van der Waals surface area contributed by atoms with Crippen molar-refractivity contribution in [1.29, 1.82) is 0 Å². The number of anilines is 2. The zero-order valence-corrected chi connectivity index (χ0v) is 9.90. The molecule has 0 aromatic carbocycles. The van der Waals surface area contributed by atoms with Gasteiger partial charge in [-0.3, -0.25) is 0 Å². The maximum absolute atomic E-state index is 5.70. The first-order chi connectivity index (χ1) is 6.74. The molecular weight excluding hydrogens is 288 g/mol. The molecule has 1 N–H and O–H groups in total. The Morgan fingerprint density at radius 3 is 2.86 bits per heavy atom. The Bertz CT molecular complexity index is 447. The minimum Gasteiger partial charge on any atom is -0.316 e. The van der Waals surface area contributed by atoms with E-state index >= 15 is 0 Å². The molecule has 0 atom stereocenters. The average molecular weight is 292 g/mol. The third-order valence-corrected chi connectivity index (χ3v) is 2.94. The average Bonchev–Trinajstić information content (AvgIpc) is 2.51. The molecule has 2 aromatic heterocycles. The predicted molar refractivity (Wildman–Crippen MR) is 60.1 cm³/mol. The number of halogens is 2. The molecule has 0 radical (unpaired) electrons. The molecule has 14 heavy (non-hydrogen) atoms. The molecule has 2 rings (SSSR count). The molecular formula is C7H4BrClN4S. The van der Waals surface area contributed by atoms with Crippen LogP contribution in [0.4, 0.5) is 10.9 Å². The van der Waals surface area contributed by atoms with Crippen LogP contribution in [0.5, 0.6) is 0 Å². The highest BCUT2D eigenvalue weighted by Gasteiger charge is 2.01. The van der Waals surface area contributed by atoms with Crippen molar-refractivity contribution in [2.24, 2.45) is 0 Å². The number of nitrogens with one attached hydrogen (secondary N) is 1. The summed E-state index contributed by atoms with van der Waals surface area (Å²) >= 11 is 10.5. The van der Waals surface area contributed by atoms with Gasteiger partial charge in [-0.25, -0.2) is 15.0 Å². The van der Waals surface area contributed by atoms with Crippen LogP contribution < -0.4 is 5.32 Å². The first kappa shape index (κ1) is 9.82. The summed E-state index contributed by atoms with van der Waals surface area (Å²) in [6, 6.07) is 1.64. The number of hydrogen-bond donors (Lipinski definition) is 1. The van der Waals surface area contributed by atoms with Gasteiger partial charge in [0.25, 0.3) is 0 Å². The Kier molecular flexibility index (Phi) is 2.95. The van der Waals surface area contributed by atoms with E-state index in [2.05, 4.69) is 36.2 Å². The highest BCUT2D eigenvalue weighted by molar-refractivity contribution is 9.11. The van der Waals surface area contributed by atoms with Gasteiger partial charge in [0.1, 0.15) is 17.3 Å². The highest BCUT2D eigenvalue weighted by Crippen LogP contribution is 2.25. The number of thiazole rings is 1. The summed E-state index contributed by atoms with van der Waals surface area (Å²) in [5.74, 6) is 0.631. The smallest absolute Gasteiger partial charge is 0.189 e. The van der Waals surface area contributed by atoms with Gasteiger partial charge in [-0.05, 0) is 15.9 Å². The lowest BCUT2D eigenvalue weighted by molar-refractivity contribution is 1.16. The maximum atomic E-state index is 5.70. The maximum Gasteiger partial charge on any atom is 0.189 e. The Hall–Kier alpha value is -0.720. The van der Waals surface area contributed by atoms with Gasteiger partial charge >= 0.3 is 0 Å². The number of hydrogen-bond acceptors (Lipinski definition) is 5. The second-order valence-electron chi connectivity index (χ2n) is 2.32. The normalized spacial score (nSPS) is 10.1. The van der Waals surface area contributed by atoms with Crippen LogP contribution in [0.15, 0.2) is 22.4 Å². The molecule has 0 amide bonds. The van der Waals surface area contributed by atoms with Crippen molar-refractivity contribution in [2.75, 3.05) is 5.32 Å². The molecule has 2 heterocycles. The fourth-order valence-corrected chi connectivity index (χ4v) is 2.08. The molecule has 72 valence electrons. The lowest BCUT2D eigenvalue weighted by atomic mass is 10.6. The Labute approximate surface area is 97.5 Å². The topological polar surface area (TPSA) is 50.7 Å². The van der Waals surface area contributed by atoms with Crippen molar-refractivity contribution in [2.45, 2.75) is 0 Å². The Morgan fingerprint density at radius 2 is 2.21 bits per heavy atom. The molecule has 0 unspecified atom stereocenters. The van der Waals surface area contributed by atoms with E-state index in [1.165, 1.54) is 17.7 Å². The molecule has 2 aromatic rings. The van der Waals surface area contributed by atoms with Gasteiger partial charge < -0.3 is 5.32 Å². The fourth-order valence-electron chi connectivity index (χ4n) is 0.824. The molecule has 7 heteroatoms. The van der Waals surface area contributed by atoms with Crippen LogP contribution >= 0.6 is 38.9 Å².